The van der Waals surface area contributed by atoms with Crippen LogP contribution in [0.25, 0.3) is 0 Å². The zero-order valence-electron chi connectivity index (χ0n) is 6.89. The van der Waals surface area contributed by atoms with E-state index in [9.17, 15) is 0 Å². The Morgan fingerprint density at radius 1 is 1.36 bits per heavy atom. The van der Waals surface area contributed by atoms with Crippen LogP contribution in [-0.4, -0.2) is 6.79 Å². The molecule has 11 heavy (non-hydrogen) atoms. The Balaban J connectivity index is 2.39. The summed E-state index contributed by atoms with van der Waals surface area (Å²) in [4.78, 5) is 0. The standard InChI is InChI=1S/C9H12O2/c1-9(2)5-3-4-7-8(9)11-6-10-7/h3-4H,5-6H2,1-2H3. The van der Waals surface area contributed by atoms with Crippen molar-refractivity contribution < 1.29 is 9.47 Å². The molecule has 60 valence electrons. The fraction of sp³-hybridized carbons (Fsp3) is 0.556. The third-order valence-electron chi connectivity index (χ3n) is 2.15. The van der Waals surface area contributed by atoms with Gasteiger partial charge in [-0.2, -0.15) is 0 Å². The van der Waals surface area contributed by atoms with Gasteiger partial charge in [0.15, 0.2) is 5.76 Å². The van der Waals surface area contributed by atoms with Crippen LogP contribution in [-0.2, 0) is 9.47 Å². The summed E-state index contributed by atoms with van der Waals surface area (Å²) >= 11 is 0. The first-order valence-corrected chi connectivity index (χ1v) is 3.87. The van der Waals surface area contributed by atoms with E-state index >= 15 is 0 Å². The van der Waals surface area contributed by atoms with Crippen molar-refractivity contribution in [1.82, 2.24) is 0 Å². The monoisotopic (exact) mass is 152 g/mol. The molecule has 0 aromatic carbocycles. The minimum absolute atomic E-state index is 0.126. The first kappa shape index (κ1) is 6.77. The van der Waals surface area contributed by atoms with Gasteiger partial charge in [0, 0.05) is 5.41 Å². The highest BCUT2D eigenvalue weighted by Gasteiger charge is 2.33. The van der Waals surface area contributed by atoms with Crippen molar-refractivity contribution >= 4 is 0 Å². The minimum atomic E-state index is 0.126. The molecule has 1 aliphatic heterocycles. The molecule has 0 amide bonds. The van der Waals surface area contributed by atoms with Crippen molar-refractivity contribution in [3.63, 3.8) is 0 Å². The number of rotatable bonds is 0. The van der Waals surface area contributed by atoms with E-state index in [2.05, 4.69) is 19.9 Å². The summed E-state index contributed by atoms with van der Waals surface area (Å²) in [5.41, 5.74) is 0.126. The number of allylic oxidation sites excluding steroid dienone is 3. The van der Waals surface area contributed by atoms with Gasteiger partial charge in [-0.05, 0) is 12.5 Å². The van der Waals surface area contributed by atoms with Crippen LogP contribution in [0.5, 0.6) is 0 Å². The second-order valence-electron chi connectivity index (χ2n) is 3.59. The van der Waals surface area contributed by atoms with Crippen LogP contribution in [0.3, 0.4) is 0 Å². The molecule has 0 aromatic heterocycles. The van der Waals surface area contributed by atoms with E-state index in [1.807, 2.05) is 6.08 Å². The van der Waals surface area contributed by atoms with Crippen LogP contribution in [0.15, 0.2) is 23.7 Å². The van der Waals surface area contributed by atoms with E-state index in [1.165, 1.54) is 0 Å². The zero-order valence-corrected chi connectivity index (χ0v) is 6.89. The lowest BCUT2D eigenvalue weighted by Gasteiger charge is -2.25. The summed E-state index contributed by atoms with van der Waals surface area (Å²) in [6.07, 6.45) is 5.16. The molecule has 0 spiro atoms. The van der Waals surface area contributed by atoms with Crippen molar-refractivity contribution in [1.29, 1.82) is 0 Å². The van der Waals surface area contributed by atoms with Crippen molar-refractivity contribution in [3.8, 4) is 0 Å². The molecule has 2 rings (SSSR count). The Kier molecular flexibility index (Phi) is 1.25. The highest BCUT2D eigenvalue weighted by Crippen LogP contribution is 2.40. The van der Waals surface area contributed by atoms with Crippen molar-refractivity contribution in [2.24, 2.45) is 5.41 Å². The van der Waals surface area contributed by atoms with Crippen LogP contribution in [0.1, 0.15) is 20.3 Å². The van der Waals surface area contributed by atoms with Gasteiger partial charge in [-0.15, -0.1) is 0 Å². The molecule has 2 nitrogen and oxygen atoms in total. The fourth-order valence-corrected chi connectivity index (χ4v) is 1.49. The van der Waals surface area contributed by atoms with Crippen molar-refractivity contribution in [3.05, 3.63) is 23.7 Å². The molecule has 0 atom stereocenters. The lowest BCUT2D eigenvalue weighted by Crippen LogP contribution is -2.17. The molecule has 0 fully saturated rings. The Morgan fingerprint density at radius 2 is 2.18 bits per heavy atom. The van der Waals surface area contributed by atoms with E-state index in [4.69, 9.17) is 9.47 Å². The third-order valence-corrected chi connectivity index (χ3v) is 2.15. The Morgan fingerprint density at radius 3 is 2.91 bits per heavy atom. The first-order valence-electron chi connectivity index (χ1n) is 3.87. The third kappa shape index (κ3) is 0.934. The molecule has 0 N–H and O–H groups in total. The lowest BCUT2D eigenvalue weighted by molar-refractivity contribution is 0.0579. The molecule has 1 aliphatic carbocycles. The van der Waals surface area contributed by atoms with Gasteiger partial charge in [-0.25, -0.2) is 0 Å². The van der Waals surface area contributed by atoms with Crippen LogP contribution < -0.4 is 0 Å². The summed E-state index contributed by atoms with van der Waals surface area (Å²) in [5, 5.41) is 0. The first-order chi connectivity index (χ1) is 5.20. The quantitative estimate of drug-likeness (QED) is 0.529. The average molecular weight is 152 g/mol. The molecule has 2 heteroatoms. The summed E-state index contributed by atoms with van der Waals surface area (Å²) in [7, 11) is 0. The molecule has 0 saturated carbocycles. The van der Waals surface area contributed by atoms with Gasteiger partial charge >= 0.3 is 0 Å². The molecule has 0 bridgehead atoms. The van der Waals surface area contributed by atoms with Crippen LogP contribution in [0.4, 0.5) is 0 Å². The smallest absolute Gasteiger partial charge is 0.230 e. The molecular weight excluding hydrogens is 140 g/mol. The number of hydrogen-bond acceptors (Lipinski definition) is 2. The number of ether oxygens (including phenoxy) is 2. The molecular formula is C9H12O2. The molecule has 0 saturated heterocycles. The molecule has 0 radical (unpaired) electrons. The van der Waals surface area contributed by atoms with Gasteiger partial charge in [0.25, 0.3) is 0 Å². The second kappa shape index (κ2) is 2.03. The van der Waals surface area contributed by atoms with Gasteiger partial charge in [0.05, 0.1) is 0 Å². The van der Waals surface area contributed by atoms with Crippen LogP contribution in [0, 0.1) is 5.41 Å². The van der Waals surface area contributed by atoms with E-state index in [1.54, 1.807) is 0 Å². The second-order valence-corrected chi connectivity index (χ2v) is 3.59. The van der Waals surface area contributed by atoms with E-state index in [-0.39, 0.29) is 5.41 Å². The lowest BCUT2D eigenvalue weighted by atomic mass is 9.83. The van der Waals surface area contributed by atoms with E-state index in [0.29, 0.717) is 6.79 Å². The normalized spacial score (nSPS) is 26.0. The van der Waals surface area contributed by atoms with Gasteiger partial charge < -0.3 is 9.47 Å². The van der Waals surface area contributed by atoms with Crippen molar-refractivity contribution in [2.75, 3.05) is 6.79 Å². The maximum Gasteiger partial charge on any atom is 0.230 e. The largest absolute Gasteiger partial charge is 0.457 e. The van der Waals surface area contributed by atoms with E-state index in [0.717, 1.165) is 17.9 Å². The van der Waals surface area contributed by atoms with Crippen LogP contribution in [0.2, 0.25) is 0 Å². The Bertz CT molecular complexity index is 236. The molecule has 2 aliphatic rings. The van der Waals surface area contributed by atoms with E-state index < -0.39 is 0 Å². The van der Waals surface area contributed by atoms with Crippen LogP contribution >= 0.6 is 0 Å². The highest BCUT2D eigenvalue weighted by molar-refractivity contribution is 5.27. The summed E-state index contributed by atoms with van der Waals surface area (Å²) in [6, 6.07) is 0. The summed E-state index contributed by atoms with van der Waals surface area (Å²) in [5.74, 6) is 1.93. The Hall–Kier alpha value is -0.920. The predicted molar refractivity (Wildman–Crippen MR) is 41.6 cm³/mol. The molecule has 0 aromatic rings. The summed E-state index contributed by atoms with van der Waals surface area (Å²) < 4.78 is 10.6. The maximum atomic E-state index is 5.38. The molecule has 0 unspecified atom stereocenters. The zero-order chi connectivity index (χ0) is 7.90. The predicted octanol–water partition coefficient (Wildman–Crippen LogP) is 2.19. The molecule has 1 heterocycles. The maximum absolute atomic E-state index is 5.38. The summed E-state index contributed by atoms with van der Waals surface area (Å²) in [6.45, 7) is 4.72. The van der Waals surface area contributed by atoms with Gasteiger partial charge in [0.1, 0.15) is 5.76 Å². The van der Waals surface area contributed by atoms with Gasteiger partial charge in [-0.1, -0.05) is 19.9 Å². The Labute approximate surface area is 66.5 Å². The SMILES string of the molecule is CC1(C)CC=CC2=C1OCO2. The minimum Gasteiger partial charge on any atom is -0.457 e. The van der Waals surface area contributed by atoms with Crippen molar-refractivity contribution in [2.45, 2.75) is 20.3 Å². The average Bonchev–Trinajstić information content (AvgIpc) is 2.34. The fourth-order valence-electron chi connectivity index (χ4n) is 1.49. The topological polar surface area (TPSA) is 18.5 Å². The number of hydrogen-bond donors (Lipinski definition) is 0. The van der Waals surface area contributed by atoms with Gasteiger partial charge in [0.2, 0.25) is 6.79 Å². The highest BCUT2D eigenvalue weighted by atomic mass is 16.7. The van der Waals surface area contributed by atoms with Gasteiger partial charge in [-0.3, -0.25) is 0 Å².